The van der Waals surface area contributed by atoms with Gasteiger partial charge >= 0.3 is 0 Å². The molecule has 1 aromatic carbocycles. The predicted octanol–water partition coefficient (Wildman–Crippen LogP) is 1.56. The van der Waals surface area contributed by atoms with Crippen LogP contribution in [0, 0.1) is 0 Å². The topological polar surface area (TPSA) is 37.0 Å². The van der Waals surface area contributed by atoms with Crippen LogP contribution in [-0.4, -0.2) is 4.98 Å². The van der Waals surface area contributed by atoms with E-state index in [0.29, 0.717) is 0 Å². The third-order valence-electron chi connectivity index (χ3n) is 2.18. The van der Waals surface area contributed by atoms with Gasteiger partial charge in [-0.2, -0.15) is 5.48 Å². The van der Waals surface area contributed by atoms with Gasteiger partial charge in [0.25, 0.3) is 0 Å². The summed E-state index contributed by atoms with van der Waals surface area (Å²) in [6, 6.07) is 6.22. The fourth-order valence-corrected chi connectivity index (χ4v) is 1.55. The lowest BCUT2D eigenvalue weighted by molar-refractivity contribution is 0.224. The Labute approximate surface area is 69.3 Å². The molecule has 3 rings (SSSR count). The minimum absolute atomic E-state index is 0.802. The normalized spacial score (nSPS) is 14.7. The first-order valence-electron chi connectivity index (χ1n) is 3.93. The molecule has 0 unspecified atom stereocenters. The largest absolute Gasteiger partial charge is 0.408 e. The van der Waals surface area contributed by atoms with Gasteiger partial charge in [-0.15, -0.1) is 0 Å². The fraction of sp³-hybridized carbons (Fsp3) is 0.111. The third-order valence-corrected chi connectivity index (χ3v) is 2.18. The lowest BCUT2D eigenvalue weighted by Gasteiger charge is -1.95. The summed E-state index contributed by atoms with van der Waals surface area (Å²) in [6.07, 6.45) is 1.94. The number of nitrogens with one attached hydrogen (secondary N) is 2. The number of aromatic nitrogens is 1. The molecule has 1 aliphatic rings. The summed E-state index contributed by atoms with van der Waals surface area (Å²) in [6.45, 7) is 0.802. The van der Waals surface area contributed by atoms with E-state index in [4.69, 9.17) is 4.84 Å². The van der Waals surface area contributed by atoms with Crippen LogP contribution in [0.4, 0.5) is 0 Å². The van der Waals surface area contributed by atoms with Gasteiger partial charge in [-0.3, -0.25) is 0 Å². The molecule has 0 amide bonds. The molecule has 2 N–H and O–H groups in total. The number of rotatable bonds is 0. The summed E-state index contributed by atoms with van der Waals surface area (Å²) >= 11 is 0. The van der Waals surface area contributed by atoms with Gasteiger partial charge in [0, 0.05) is 23.3 Å². The van der Waals surface area contributed by atoms with Gasteiger partial charge in [0.15, 0.2) is 5.75 Å². The highest BCUT2D eigenvalue weighted by Gasteiger charge is 2.12. The van der Waals surface area contributed by atoms with Crippen molar-refractivity contribution in [2.75, 3.05) is 0 Å². The molecule has 1 aromatic heterocycles. The second-order valence-corrected chi connectivity index (χ2v) is 2.95. The van der Waals surface area contributed by atoms with Crippen molar-refractivity contribution < 1.29 is 4.84 Å². The van der Waals surface area contributed by atoms with Crippen LogP contribution in [0.1, 0.15) is 5.56 Å². The number of benzene rings is 1. The van der Waals surface area contributed by atoms with Gasteiger partial charge < -0.3 is 9.82 Å². The summed E-state index contributed by atoms with van der Waals surface area (Å²) in [5, 5.41) is 1.24. The maximum Gasteiger partial charge on any atom is 0.153 e. The first-order chi connectivity index (χ1) is 5.93. The van der Waals surface area contributed by atoms with Gasteiger partial charge in [-0.1, -0.05) is 0 Å². The van der Waals surface area contributed by atoms with Crippen molar-refractivity contribution >= 4 is 10.9 Å². The minimum Gasteiger partial charge on any atom is -0.408 e. The average Bonchev–Trinajstić information content (AvgIpc) is 2.64. The smallest absolute Gasteiger partial charge is 0.153 e. The number of fused-ring (bicyclic) bond motifs is 2. The lowest BCUT2D eigenvalue weighted by Crippen LogP contribution is -2.07. The van der Waals surface area contributed by atoms with E-state index in [1.54, 1.807) is 0 Å². The van der Waals surface area contributed by atoms with Crippen molar-refractivity contribution in [2.45, 2.75) is 6.54 Å². The van der Waals surface area contributed by atoms with E-state index in [-0.39, 0.29) is 0 Å². The first-order valence-corrected chi connectivity index (χ1v) is 3.93. The van der Waals surface area contributed by atoms with Gasteiger partial charge in [0.05, 0.1) is 6.54 Å². The van der Waals surface area contributed by atoms with Gasteiger partial charge in [-0.05, 0) is 17.5 Å². The van der Waals surface area contributed by atoms with E-state index >= 15 is 0 Å². The van der Waals surface area contributed by atoms with Crippen LogP contribution in [0.25, 0.3) is 10.9 Å². The highest BCUT2D eigenvalue weighted by atomic mass is 16.7. The van der Waals surface area contributed by atoms with Gasteiger partial charge in [0.2, 0.25) is 0 Å². The van der Waals surface area contributed by atoms with Crippen LogP contribution in [0.15, 0.2) is 24.4 Å². The molecule has 0 spiro atoms. The Balaban J connectivity index is 2.38. The summed E-state index contributed by atoms with van der Waals surface area (Å²) < 4.78 is 0. The molecule has 1 aliphatic heterocycles. The standard InChI is InChI=1S/C9H8N2O/c1-2-10-8-4-9-7(3-6(1)8)5-11-12-9/h1-4,10-11H,5H2. The van der Waals surface area contributed by atoms with E-state index in [1.165, 1.54) is 10.9 Å². The van der Waals surface area contributed by atoms with Crippen LogP contribution in [0.2, 0.25) is 0 Å². The van der Waals surface area contributed by atoms with E-state index in [2.05, 4.69) is 22.6 Å². The Bertz CT molecular complexity index is 395. The second kappa shape index (κ2) is 2.01. The average molecular weight is 160 g/mol. The highest BCUT2D eigenvalue weighted by molar-refractivity contribution is 5.82. The zero-order chi connectivity index (χ0) is 7.97. The van der Waals surface area contributed by atoms with Crippen LogP contribution in [0.5, 0.6) is 5.75 Å². The number of H-pyrrole nitrogens is 1. The summed E-state index contributed by atoms with van der Waals surface area (Å²) in [5.41, 5.74) is 5.19. The number of hydrogen-bond acceptors (Lipinski definition) is 2. The molecule has 0 saturated carbocycles. The van der Waals surface area contributed by atoms with Crippen molar-refractivity contribution in [3.8, 4) is 5.75 Å². The Morgan fingerprint density at radius 3 is 3.33 bits per heavy atom. The maximum atomic E-state index is 5.21. The van der Waals surface area contributed by atoms with Gasteiger partial charge in [-0.25, -0.2) is 0 Å². The Morgan fingerprint density at radius 1 is 1.33 bits per heavy atom. The van der Waals surface area contributed by atoms with E-state index < -0.39 is 0 Å². The molecule has 0 bridgehead atoms. The number of hydrogen-bond donors (Lipinski definition) is 2. The van der Waals surface area contributed by atoms with Crippen LogP contribution < -0.4 is 10.3 Å². The molecule has 0 radical (unpaired) electrons. The van der Waals surface area contributed by atoms with Crippen LogP contribution >= 0.6 is 0 Å². The Morgan fingerprint density at radius 2 is 2.33 bits per heavy atom. The molecule has 0 atom stereocenters. The van der Waals surface area contributed by atoms with Crippen molar-refractivity contribution in [1.82, 2.24) is 10.5 Å². The fourth-order valence-electron chi connectivity index (χ4n) is 1.55. The third kappa shape index (κ3) is 0.685. The summed E-state index contributed by atoms with van der Waals surface area (Å²) in [4.78, 5) is 8.35. The summed E-state index contributed by atoms with van der Waals surface area (Å²) in [5.74, 6) is 0.935. The quantitative estimate of drug-likeness (QED) is 0.613. The second-order valence-electron chi connectivity index (χ2n) is 2.95. The van der Waals surface area contributed by atoms with E-state index in [1.807, 2.05) is 12.3 Å². The zero-order valence-electron chi connectivity index (χ0n) is 6.42. The molecule has 60 valence electrons. The van der Waals surface area contributed by atoms with Crippen molar-refractivity contribution in [2.24, 2.45) is 0 Å². The zero-order valence-corrected chi connectivity index (χ0v) is 6.42. The number of hydroxylamine groups is 1. The summed E-state index contributed by atoms with van der Waals surface area (Å²) in [7, 11) is 0. The van der Waals surface area contributed by atoms with Crippen molar-refractivity contribution in [3.63, 3.8) is 0 Å². The van der Waals surface area contributed by atoms with Crippen molar-refractivity contribution in [3.05, 3.63) is 30.0 Å². The monoisotopic (exact) mass is 160 g/mol. The molecule has 2 aromatic rings. The molecule has 0 aliphatic carbocycles. The molecule has 3 nitrogen and oxygen atoms in total. The Hall–Kier alpha value is -1.48. The SMILES string of the molecule is c1cc2cc3c(cc2[nH]1)ONC3. The predicted molar refractivity (Wildman–Crippen MR) is 45.8 cm³/mol. The van der Waals surface area contributed by atoms with Crippen LogP contribution in [0.3, 0.4) is 0 Å². The van der Waals surface area contributed by atoms with E-state index in [9.17, 15) is 0 Å². The van der Waals surface area contributed by atoms with Gasteiger partial charge in [0.1, 0.15) is 0 Å². The van der Waals surface area contributed by atoms with Crippen molar-refractivity contribution in [1.29, 1.82) is 0 Å². The Kier molecular flexibility index (Phi) is 1.02. The lowest BCUT2D eigenvalue weighted by atomic mass is 10.1. The molecule has 3 heteroatoms. The molecule has 12 heavy (non-hydrogen) atoms. The highest BCUT2D eigenvalue weighted by Crippen LogP contribution is 2.27. The molecule has 0 saturated heterocycles. The van der Waals surface area contributed by atoms with E-state index in [0.717, 1.165) is 17.8 Å². The first kappa shape index (κ1) is 6.08. The molecule has 0 fully saturated rings. The minimum atomic E-state index is 0.802. The number of aromatic amines is 1. The maximum absolute atomic E-state index is 5.21. The molecule has 2 heterocycles. The van der Waals surface area contributed by atoms with Crippen LogP contribution in [-0.2, 0) is 6.54 Å². The molecular formula is C9H8N2O. The molecular weight excluding hydrogens is 152 g/mol.